The number of rotatable bonds is 8. The molecule has 0 heterocycles. The smallest absolute Gasteiger partial charge is 0.251 e. The minimum Gasteiger partial charge on any atom is -0.351 e. The van der Waals surface area contributed by atoms with Crippen LogP contribution in [0.4, 0.5) is 5.69 Å². The summed E-state index contributed by atoms with van der Waals surface area (Å²) in [5.74, 6) is 0.0548. The van der Waals surface area contributed by atoms with Crippen LogP contribution in [-0.2, 0) is 16.6 Å². The number of benzene rings is 3. The third kappa shape index (κ3) is 6.42. The monoisotopic (exact) mass is 500 g/mol. The lowest BCUT2D eigenvalue weighted by Crippen LogP contribution is -2.29. The maximum Gasteiger partial charge on any atom is 0.251 e. The number of nitrogens with zero attached hydrogens (tertiary/aromatic N) is 1. The van der Waals surface area contributed by atoms with Crippen molar-refractivity contribution in [1.29, 1.82) is 0 Å². The minimum atomic E-state index is -3.47. The lowest BCUT2D eigenvalue weighted by Gasteiger charge is -2.23. The molecule has 0 aliphatic heterocycles. The molecule has 0 saturated heterocycles. The van der Waals surface area contributed by atoms with E-state index < -0.39 is 10.0 Å². The number of carbonyl (C=O) groups excluding carboxylic acids is 1. The molecular weight excluding hydrogens is 476 g/mol. The molecule has 162 valence electrons. The van der Waals surface area contributed by atoms with Crippen LogP contribution >= 0.6 is 15.9 Å². The van der Waals surface area contributed by atoms with Crippen LogP contribution in [0.3, 0.4) is 0 Å². The third-order valence-corrected chi connectivity index (χ3v) is 6.61. The van der Waals surface area contributed by atoms with Crippen molar-refractivity contribution < 1.29 is 13.2 Å². The molecule has 0 saturated carbocycles. The van der Waals surface area contributed by atoms with E-state index in [4.69, 9.17) is 0 Å². The van der Waals surface area contributed by atoms with Gasteiger partial charge in [-0.05, 0) is 47.4 Å². The first-order valence-corrected chi connectivity index (χ1v) is 12.5. The summed E-state index contributed by atoms with van der Waals surface area (Å²) in [6, 6.07) is 24.2. The van der Waals surface area contributed by atoms with E-state index in [9.17, 15) is 13.2 Å². The highest BCUT2D eigenvalue weighted by molar-refractivity contribution is 9.10. The zero-order valence-electron chi connectivity index (χ0n) is 17.5. The number of nitrogens with one attached hydrogen (secondary N) is 1. The molecule has 0 fully saturated rings. The average molecular weight is 501 g/mol. The van der Waals surface area contributed by atoms with Crippen LogP contribution in [-0.4, -0.2) is 27.1 Å². The number of carbonyl (C=O) groups is 1. The Morgan fingerprint density at radius 1 is 1.00 bits per heavy atom. The minimum absolute atomic E-state index is 0.152. The Morgan fingerprint density at radius 2 is 1.68 bits per heavy atom. The second kappa shape index (κ2) is 10.1. The summed E-state index contributed by atoms with van der Waals surface area (Å²) in [6.07, 6.45) is 1.18. The molecular formula is C24H25BrN2O3S. The SMILES string of the molecule is C[C@H](CNC(=O)c1ccc(CN(c2cccc(Br)c2)S(C)(=O)=O)cc1)c1ccccc1. The fourth-order valence-electron chi connectivity index (χ4n) is 3.21. The van der Waals surface area contributed by atoms with Crippen molar-refractivity contribution in [2.45, 2.75) is 19.4 Å². The highest BCUT2D eigenvalue weighted by atomic mass is 79.9. The van der Waals surface area contributed by atoms with Gasteiger partial charge in [0.05, 0.1) is 18.5 Å². The highest BCUT2D eigenvalue weighted by Gasteiger charge is 2.18. The molecule has 1 amide bonds. The number of anilines is 1. The topological polar surface area (TPSA) is 66.5 Å². The van der Waals surface area contributed by atoms with E-state index in [1.54, 1.807) is 42.5 Å². The van der Waals surface area contributed by atoms with Crippen molar-refractivity contribution in [2.24, 2.45) is 0 Å². The number of hydrogen-bond donors (Lipinski definition) is 1. The van der Waals surface area contributed by atoms with Crippen LogP contribution in [0.15, 0.2) is 83.3 Å². The lowest BCUT2D eigenvalue weighted by atomic mass is 10.0. The highest BCUT2D eigenvalue weighted by Crippen LogP contribution is 2.24. The normalized spacial score (nSPS) is 12.2. The predicted octanol–water partition coefficient (Wildman–Crippen LogP) is 4.95. The van der Waals surface area contributed by atoms with Crippen molar-refractivity contribution in [3.05, 3.63) is 100 Å². The predicted molar refractivity (Wildman–Crippen MR) is 129 cm³/mol. The third-order valence-electron chi connectivity index (χ3n) is 4.98. The summed E-state index contributed by atoms with van der Waals surface area (Å²) >= 11 is 3.38. The molecule has 3 rings (SSSR count). The van der Waals surface area contributed by atoms with E-state index in [-0.39, 0.29) is 18.4 Å². The molecule has 0 aromatic heterocycles. The van der Waals surface area contributed by atoms with Crippen LogP contribution in [0.2, 0.25) is 0 Å². The summed E-state index contributed by atoms with van der Waals surface area (Å²) in [4.78, 5) is 12.5. The summed E-state index contributed by atoms with van der Waals surface area (Å²) in [7, 11) is -3.47. The van der Waals surface area contributed by atoms with Gasteiger partial charge in [0.2, 0.25) is 10.0 Å². The number of hydrogen-bond acceptors (Lipinski definition) is 3. The van der Waals surface area contributed by atoms with E-state index in [0.29, 0.717) is 17.8 Å². The molecule has 0 aliphatic carbocycles. The molecule has 7 heteroatoms. The Labute approximate surface area is 192 Å². The molecule has 0 spiro atoms. The van der Waals surface area contributed by atoms with Gasteiger partial charge < -0.3 is 5.32 Å². The van der Waals surface area contributed by atoms with Crippen molar-refractivity contribution in [2.75, 3.05) is 17.1 Å². The van der Waals surface area contributed by atoms with Crippen molar-refractivity contribution in [1.82, 2.24) is 5.32 Å². The summed E-state index contributed by atoms with van der Waals surface area (Å²) in [5.41, 5.74) is 3.08. The Morgan fingerprint density at radius 3 is 2.29 bits per heavy atom. The Hall–Kier alpha value is -2.64. The van der Waals surface area contributed by atoms with E-state index >= 15 is 0 Å². The fraction of sp³-hybridized carbons (Fsp3) is 0.208. The van der Waals surface area contributed by atoms with Crippen molar-refractivity contribution in [3.8, 4) is 0 Å². The number of halogens is 1. The second-order valence-electron chi connectivity index (χ2n) is 7.47. The Bertz CT molecular complexity index is 1130. The van der Waals surface area contributed by atoms with E-state index in [1.165, 1.54) is 16.1 Å². The van der Waals surface area contributed by atoms with Crippen LogP contribution in [0.1, 0.15) is 34.3 Å². The zero-order valence-corrected chi connectivity index (χ0v) is 19.9. The van der Waals surface area contributed by atoms with Gasteiger partial charge in [-0.3, -0.25) is 9.10 Å². The van der Waals surface area contributed by atoms with Gasteiger partial charge in [0, 0.05) is 16.6 Å². The summed E-state index contributed by atoms with van der Waals surface area (Å²) in [6.45, 7) is 2.79. The first-order valence-electron chi connectivity index (χ1n) is 9.89. The van der Waals surface area contributed by atoms with Crippen LogP contribution < -0.4 is 9.62 Å². The maximum atomic E-state index is 12.5. The molecule has 3 aromatic carbocycles. The second-order valence-corrected chi connectivity index (χ2v) is 10.3. The van der Waals surface area contributed by atoms with Crippen LogP contribution in [0, 0.1) is 0 Å². The summed E-state index contributed by atoms with van der Waals surface area (Å²) < 4.78 is 26.8. The zero-order chi connectivity index (χ0) is 22.4. The molecule has 31 heavy (non-hydrogen) atoms. The van der Waals surface area contributed by atoms with Crippen molar-refractivity contribution >= 4 is 37.5 Å². The van der Waals surface area contributed by atoms with E-state index in [1.807, 2.05) is 36.4 Å². The molecule has 0 aliphatic rings. The van der Waals surface area contributed by atoms with Gasteiger partial charge in [0.25, 0.3) is 5.91 Å². The standard InChI is InChI=1S/C24H25BrN2O3S/c1-18(20-7-4-3-5-8-20)16-26-24(28)21-13-11-19(12-14-21)17-27(31(2,29)30)23-10-6-9-22(25)15-23/h3-15,18H,16-17H2,1-2H3,(H,26,28)/t18-/m1/s1. The molecule has 3 aromatic rings. The van der Waals surface area contributed by atoms with E-state index in [0.717, 1.165) is 10.0 Å². The average Bonchev–Trinajstić information content (AvgIpc) is 2.75. The number of amides is 1. The van der Waals surface area contributed by atoms with Gasteiger partial charge in [-0.2, -0.15) is 0 Å². The first-order chi connectivity index (χ1) is 14.7. The van der Waals surface area contributed by atoms with Gasteiger partial charge in [-0.1, -0.05) is 71.4 Å². The van der Waals surface area contributed by atoms with Gasteiger partial charge >= 0.3 is 0 Å². The lowest BCUT2D eigenvalue weighted by molar-refractivity contribution is 0.0951. The van der Waals surface area contributed by atoms with E-state index in [2.05, 4.69) is 28.2 Å². The molecule has 0 radical (unpaired) electrons. The number of sulfonamides is 1. The molecule has 1 N–H and O–H groups in total. The molecule has 0 bridgehead atoms. The van der Waals surface area contributed by atoms with Gasteiger partial charge in [0.15, 0.2) is 0 Å². The molecule has 5 nitrogen and oxygen atoms in total. The first kappa shape index (κ1) is 23.0. The largest absolute Gasteiger partial charge is 0.351 e. The van der Waals surface area contributed by atoms with Gasteiger partial charge in [-0.15, -0.1) is 0 Å². The van der Waals surface area contributed by atoms with Gasteiger partial charge in [0.1, 0.15) is 0 Å². The Kier molecular flexibility index (Phi) is 7.51. The molecule has 0 unspecified atom stereocenters. The summed E-state index contributed by atoms with van der Waals surface area (Å²) in [5, 5.41) is 2.96. The van der Waals surface area contributed by atoms with Crippen molar-refractivity contribution in [3.63, 3.8) is 0 Å². The Balaban J connectivity index is 1.66. The van der Waals surface area contributed by atoms with Gasteiger partial charge in [-0.25, -0.2) is 8.42 Å². The maximum absolute atomic E-state index is 12.5. The quantitative estimate of drug-likeness (QED) is 0.475. The molecule has 1 atom stereocenters. The fourth-order valence-corrected chi connectivity index (χ4v) is 4.47. The van der Waals surface area contributed by atoms with Crippen LogP contribution in [0.25, 0.3) is 0 Å². The van der Waals surface area contributed by atoms with Crippen LogP contribution in [0.5, 0.6) is 0 Å².